The van der Waals surface area contributed by atoms with Crippen LogP contribution in [0, 0.1) is 11.7 Å². The van der Waals surface area contributed by atoms with Gasteiger partial charge in [0.25, 0.3) is 0 Å². The molecular formula is C16H22FNO. The molecule has 2 aliphatic rings. The summed E-state index contributed by atoms with van der Waals surface area (Å²) in [5, 5.41) is 3.53. The summed E-state index contributed by atoms with van der Waals surface area (Å²) in [5.74, 6) is 1.08. The first-order valence-electron chi connectivity index (χ1n) is 7.36. The summed E-state index contributed by atoms with van der Waals surface area (Å²) in [6.07, 6.45) is 4.51. The number of benzene rings is 1. The average molecular weight is 263 g/mol. The standard InChI is InChI=1S/C16H22FNO/c1-3-18-14-10-16(8-4-5-11(16)2)19-15-9-12(17)6-7-13(14)15/h6-7,9,11,14,18H,3-5,8,10H2,1-2H3. The molecular weight excluding hydrogens is 241 g/mol. The molecule has 1 aromatic rings. The zero-order chi connectivity index (χ0) is 13.5. The van der Waals surface area contributed by atoms with E-state index < -0.39 is 0 Å². The van der Waals surface area contributed by atoms with E-state index in [0.29, 0.717) is 5.92 Å². The van der Waals surface area contributed by atoms with Crippen LogP contribution in [0.5, 0.6) is 5.75 Å². The van der Waals surface area contributed by atoms with Crippen molar-refractivity contribution in [3.63, 3.8) is 0 Å². The molecule has 3 heteroatoms. The van der Waals surface area contributed by atoms with E-state index in [9.17, 15) is 4.39 Å². The Kier molecular flexibility index (Phi) is 3.25. The molecule has 0 aromatic heterocycles. The molecule has 19 heavy (non-hydrogen) atoms. The van der Waals surface area contributed by atoms with Gasteiger partial charge in [0.1, 0.15) is 17.2 Å². The SMILES string of the molecule is CCNC1CC2(CCCC2C)Oc2cc(F)ccc21. The molecule has 3 rings (SSSR count). The van der Waals surface area contributed by atoms with Gasteiger partial charge < -0.3 is 10.1 Å². The molecule has 2 nitrogen and oxygen atoms in total. The van der Waals surface area contributed by atoms with Crippen LogP contribution in [0.4, 0.5) is 4.39 Å². The summed E-state index contributed by atoms with van der Waals surface area (Å²) in [7, 11) is 0. The Morgan fingerprint density at radius 2 is 2.32 bits per heavy atom. The normalized spacial score (nSPS) is 33.2. The summed E-state index contributed by atoms with van der Waals surface area (Å²) in [6, 6.07) is 5.23. The zero-order valence-corrected chi connectivity index (χ0v) is 11.7. The van der Waals surface area contributed by atoms with Crippen molar-refractivity contribution in [1.82, 2.24) is 5.32 Å². The fourth-order valence-corrected chi connectivity index (χ4v) is 3.70. The molecule has 1 aliphatic heterocycles. The second-order valence-corrected chi connectivity index (χ2v) is 5.96. The lowest BCUT2D eigenvalue weighted by atomic mass is 9.81. The number of halogens is 1. The second-order valence-electron chi connectivity index (χ2n) is 5.96. The minimum atomic E-state index is -0.211. The molecule has 1 spiro atoms. The van der Waals surface area contributed by atoms with Crippen molar-refractivity contribution in [3.05, 3.63) is 29.6 Å². The lowest BCUT2D eigenvalue weighted by Crippen LogP contribution is -2.46. The van der Waals surface area contributed by atoms with Gasteiger partial charge in [0.05, 0.1) is 0 Å². The molecule has 0 bridgehead atoms. The topological polar surface area (TPSA) is 21.3 Å². The lowest BCUT2D eigenvalue weighted by molar-refractivity contribution is 0.00174. The predicted molar refractivity (Wildman–Crippen MR) is 73.8 cm³/mol. The molecule has 1 aliphatic carbocycles. The highest BCUT2D eigenvalue weighted by atomic mass is 19.1. The van der Waals surface area contributed by atoms with Crippen molar-refractivity contribution in [3.8, 4) is 5.75 Å². The van der Waals surface area contributed by atoms with E-state index in [1.807, 2.05) is 6.07 Å². The Labute approximate surface area is 114 Å². The Balaban J connectivity index is 2.00. The van der Waals surface area contributed by atoms with E-state index in [1.165, 1.54) is 18.9 Å². The summed E-state index contributed by atoms with van der Waals surface area (Å²) >= 11 is 0. The largest absolute Gasteiger partial charge is 0.486 e. The molecule has 0 radical (unpaired) electrons. The van der Waals surface area contributed by atoms with Gasteiger partial charge in [0, 0.05) is 24.1 Å². The first-order chi connectivity index (χ1) is 9.14. The van der Waals surface area contributed by atoms with Gasteiger partial charge >= 0.3 is 0 Å². The number of hydrogen-bond donors (Lipinski definition) is 1. The smallest absolute Gasteiger partial charge is 0.127 e. The molecule has 3 unspecified atom stereocenters. The van der Waals surface area contributed by atoms with Crippen LogP contribution >= 0.6 is 0 Å². The fraction of sp³-hybridized carbons (Fsp3) is 0.625. The summed E-state index contributed by atoms with van der Waals surface area (Å²) in [5.41, 5.74) is 1.01. The van der Waals surface area contributed by atoms with Crippen LogP contribution in [0.2, 0.25) is 0 Å². The minimum absolute atomic E-state index is 0.0897. The van der Waals surface area contributed by atoms with E-state index in [4.69, 9.17) is 4.74 Å². The molecule has 0 saturated heterocycles. The van der Waals surface area contributed by atoms with Gasteiger partial charge in [-0.15, -0.1) is 0 Å². The first-order valence-corrected chi connectivity index (χ1v) is 7.36. The van der Waals surface area contributed by atoms with Crippen molar-refractivity contribution in [2.24, 2.45) is 5.92 Å². The number of hydrogen-bond acceptors (Lipinski definition) is 2. The number of rotatable bonds is 2. The van der Waals surface area contributed by atoms with E-state index >= 15 is 0 Å². The predicted octanol–water partition coefficient (Wildman–Crippen LogP) is 3.82. The average Bonchev–Trinajstić information content (AvgIpc) is 2.70. The molecule has 3 atom stereocenters. The van der Waals surface area contributed by atoms with Gasteiger partial charge in [-0.25, -0.2) is 4.39 Å². The second kappa shape index (κ2) is 4.78. The van der Waals surface area contributed by atoms with Gasteiger partial charge in [-0.2, -0.15) is 0 Å². The lowest BCUT2D eigenvalue weighted by Gasteiger charge is -2.43. The molecule has 1 fully saturated rings. The van der Waals surface area contributed by atoms with Crippen molar-refractivity contribution in [2.75, 3.05) is 6.54 Å². The van der Waals surface area contributed by atoms with E-state index in [2.05, 4.69) is 19.2 Å². The van der Waals surface area contributed by atoms with Crippen LogP contribution in [-0.4, -0.2) is 12.1 Å². The maximum atomic E-state index is 13.5. The highest BCUT2D eigenvalue weighted by Gasteiger charge is 2.47. The van der Waals surface area contributed by atoms with Crippen molar-refractivity contribution in [1.29, 1.82) is 0 Å². The Hall–Kier alpha value is -1.09. The Morgan fingerprint density at radius 3 is 3.00 bits per heavy atom. The van der Waals surface area contributed by atoms with Gasteiger partial charge in [0.2, 0.25) is 0 Å². The van der Waals surface area contributed by atoms with Crippen LogP contribution < -0.4 is 10.1 Å². The third-order valence-electron chi connectivity index (χ3n) is 4.80. The minimum Gasteiger partial charge on any atom is -0.486 e. The maximum absolute atomic E-state index is 13.5. The molecule has 0 amide bonds. The van der Waals surface area contributed by atoms with Crippen molar-refractivity contribution >= 4 is 0 Å². The van der Waals surface area contributed by atoms with Crippen LogP contribution in [0.25, 0.3) is 0 Å². The zero-order valence-electron chi connectivity index (χ0n) is 11.7. The molecule has 1 saturated carbocycles. The third-order valence-corrected chi connectivity index (χ3v) is 4.80. The van der Waals surface area contributed by atoms with E-state index in [-0.39, 0.29) is 17.5 Å². The monoisotopic (exact) mass is 263 g/mol. The van der Waals surface area contributed by atoms with E-state index in [1.54, 1.807) is 6.07 Å². The van der Waals surface area contributed by atoms with Gasteiger partial charge in [-0.1, -0.05) is 19.9 Å². The van der Waals surface area contributed by atoms with Gasteiger partial charge in [-0.05, 0) is 37.8 Å². The molecule has 104 valence electrons. The van der Waals surface area contributed by atoms with Crippen LogP contribution in [-0.2, 0) is 0 Å². The number of ether oxygens (including phenoxy) is 1. The van der Waals surface area contributed by atoms with Crippen molar-refractivity contribution in [2.45, 2.75) is 51.2 Å². The summed E-state index contributed by atoms with van der Waals surface area (Å²) < 4.78 is 19.7. The van der Waals surface area contributed by atoms with Gasteiger partial charge in [-0.3, -0.25) is 0 Å². The third kappa shape index (κ3) is 2.14. The van der Waals surface area contributed by atoms with E-state index in [0.717, 1.165) is 30.7 Å². The van der Waals surface area contributed by atoms with Crippen LogP contribution in [0.3, 0.4) is 0 Å². The number of nitrogens with one attached hydrogen (secondary N) is 1. The first kappa shape index (κ1) is 12.9. The van der Waals surface area contributed by atoms with Gasteiger partial charge in [0.15, 0.2) is 0 Å². The van der Waals surface area contributed by atoms with Crippen LogP contribution in [0.15, 0.2) is 18.2 Å². The quantitative estimate of drug-likeness (QED) is 0.876. The van der Waals surface area contributed by atoms with Crippen LogP contribution in [0.1, 0.15) is 51.1 Å². The fourth-order valence-electron chi connectivity index (χ4n) is 3.70. The molecule has 1 heterocycles. The highest BCUT2D eigenvalue weighted by molar-refractivity contribution is 5.40. The van der Waals surface area contributed by atoms with Crippen molar-refractivity contribution < 1.29 is 9.13 Å². The molecule has 1 aromatic carbocycles. The molecule has 1 N–H and O–H groups in total. The summed E-state index contributed by atoms with van der Waals surface area (Å²) in [6.45, 7) is 5.30. The maximum Gasteiger partial charge on any atom is 0.127 e. The highest BCUT2D eigenvalue weighted by Crippen LogP contribution is 2.49. The Morgan fingerprint density at radius 1 is 1.47 bits per heavy atom. The Bertz CT molecular complexity index is 476. The summed E-state index contributed by atoms with van der Waals surface area (Å²) in [4.78, 5) is 0. The number of fused-ring (bicyclic) bond motifs is 1.